The van der Waals surface area contributed by atoms with Crippen LogP contribution in [0.2, 0.25) is 0 Å². The van der Waals surface area contributed by atoms with Gasteiger partial charge in [0.1, 0.15) is 28.6 Å². The number of hydrogen-bond donors (Lipinski definition) is 6. The van der Waals surface area contributed by atoms with Gasteiger partial charge in [0.25, 0.3) is 5.91 Å². The van der Waals surface area contributed by atoms with Gasteiger partial charge in [-0.15, -0.1) is 0 Å². The highest BCUT2D eigenvalue weighted by atomic mass is 16.3. The van der Waals surface area contributed by atoms with Crippen LogP contribution in [0.5, 0.6) is 11.5 Å². The number of fused-ring (bicyclic) bond motifs is 3. The number of rotatable bonds is 4. The first-order valence-electron chi connectivity index (χ1n) is 16.0. The van der Waals surface area contributed by atoms with Crippen molar-refractivity contribution in [2.24, 2.45) is 16.6 Å². The van der Waals surface area contributed by atoms with Crippen molar-refractivity contribution in [2.75, 3.05) is 33.1 Å². The summed E-state index contributed by atoms with van der Waals surface area (Å²) < 4.78 is 0. The standard InChI is InChI=1S/C39H39N3O8/c1-37-18-25-26(41(3)4)17-24(22-14-12-20(13-15-22)10-11-21-8-7-9-23(43)16-21)30(44)27(25)31(45)29(37)35(48)39(50)34(47)28(36(40)49)32(46)33(42(5)6)38(39,2)19-37/h7-9,12-17,33,43-45,47,50H,18-19H2,1-6H3,(H2,40,49)/t33-,37+,38+,39-/m1/s1. The lowest BCUT2D eigenvalue weighted by Gasteiger charge is -2.59. The fourth-order valence-corrected chi connectivity index (χ4v) is 8.45. The maximum absolute atomic E-state index is 14.6. The third-order valence-corrected chi connectivity index (χ3v) is 10.5. The Kier molecular flexibility index (Phi) is 7.89. The van der Waals surface area contributed by atoms with Gasteiger partial charge >= 0.3 is 0 Å². The summed E-state index contributed by atoms with van der Waals surface area (Å²) >= 11 is 0. The number of nitrogens with two attached hydrogens (primary N) is 1. The zero-order chi connectivity index (χ0) is 36.7. The molecule has 3 aliphatic carbocycles. The molecular formula is C39H39N3O8. The Bertz CT molecular complexity index is 2140. The van der Waals surface area contributed by atoms with Crippen molar-refractivity contribution in [3.05, 3.63) is 93.8 Å². The van der Waals surface area contributed by atoms with Crippen LogP contribution in [0, 0.1) is 22.7 Å². The van der Waals surface area contributed by atoms with Crippen LogP contribution < -0.4 is 10.6 Å². The molecule has 258 valence electrons. The van der Waals surface area contributed by atoms with Crippen molar-refractivity contribution in [3.63, 3.8) is 0 Å². The minimum absolute atomic E-state index is 0.00150. The molecule has 1 saturated carbocycles. The van der Waals surface area contributed by atoms with Crippen LogP contribution in [0.15, 0.2) is 71.5 Å². The zero-order valence-corrected chi connectivity index (χ0v) is 28.6. The number of Topliss-reactive ketones (excluding diaryl/α,β-unsaturated/α-hetero) is 2. The molecule has 0 aliphatic heterocycles. The van der Waals surface area contributed by atoms with Gasteiger partial charge in [0.2, 0.25) is 5.78 Å². The average Bonchev–Trinajstić information content (AvgIpc) is 3.01. The maximum atomic E-state index is 14.6. The molecule has 0 heterocycles. The summed E-state index contributed by atoms with van der Waals surface area (Å²) in [6, 6.07) is 14.2. The van der Waals surface area contributed by atoms with E-state index in [1.165, 1.54) is 11.8 Å². The Morgan fingerprint density at radius 2 is 1.56 bits per heavy atom. The molecule has 50 heavy (non-hydrogen) atoms. The van der Waals surface area contributed by atoms with Crippen molar-refractivity contribution >= 4 is 28.9 Å². The van der Waals surface area contributed by atoms with Crippen LogP contribution in [0.3, 0.4) is 0 Å². The number of anilines is 1. The quantitative estimate of drug-likeness (QED) is 0.176. The van der Waals surface area contributed by atoms with Crippen molar-refractivity contribution < 1.29 is 39.9 Å². The van der Waals surface area contributed by atoms with E-state index in [9.17, 15) is 39.9 Å². The number of benzene rings is 3. The smallest absolute Gasteiger partial charge is 0.255 e. The predicted molar refractivity (Wildman–Crippen MR) is 187 cm³/mol. The number of aromatic hydroxyl groups is 2. The molecule has 3 aromatic rings. The molecular weight excluding hydrogens is 638 g/mol. The van der Waals surface area contributed by atoms with E-state index >= 15 is 0 Å². The lowest BCUT2D eigenvalue weighted by atomic mass is 9.46. The average molecular weight is 678 g/mol. The van der Waals surface area contributed by atoms with Crippen LogP contribution >= 0.6 is 0 Å². The van der Waals surface area contributed by atoms with Gasteiger partial charge in [0, 0.05) is 52.9 Å². The number of carbonyl (C=O) groups excluding carboxylic acids is 3. The van der Waals surface area contributed by atoms with Crippen molar-refractivity contribution in [2.45, 2.75) is 38.3 Å². The van der Waals surface area contributed by atoms with Gasteiger partial charge in [0.05, 0.1) is 11.6 Å². The second-order valence-corrected chi connectivity index (χ2v) is 14.3. The van der Waals surface area contributed by atoms with Crippen LogP contribution in [-0.4, -0.2) is 87.7 Å². The Morgan fingerprint density at radius 3 is 2.14 bits per heavy atom. The normalized spacial score (nSPS) is 25.8. The Morgan fingerprint density at radius 1 is 0.920 bits per heavy atom. The van der Waals surface area contributed by atoms with Crippen LogP contribution in [-0.2, 0) is 20.8 Å². The molecule has 0 bridgehead atoms. The largest absolute Gasteiger partial charge is 0.508 e. The number of aliphatic hydroxyl groups excluding tert-OH is 2. The fraction of sp³-hybridized carbons (Fsp3) is 0.308. The molecule has 6 rings (SSSR count). The number of phenolic OH excluding ortho intramolecular Hbond substituents is 2. The summed E-state index contributed by atoms with van der Waals surface area (Å²) in [5.41, 5.74) is 2.24. The third kappa shape index (κ3) is 4.78. The summed E-state index contributed by atoms with van der Waals surface area (Å²) in [5.74, 6) is 0.945. The Hall–Kier alpha value is -5.57. The number of phenols is 2. The van der Waals surface area contributed by atoms with Gasteiger partial charge in [0.15, 0.2) is 11.4 Å². The number of ketones is 2. The summed E-state index contributed by atoms with van der Waals surface area (Å²) in [6.07, 6.45) is 0.0673. The molecule has 4 atom stereocenters. The molecule has 1 amide bonds. The van der Waals surface area contributed by atoms with E-state index < -0.39 is 57.0 Å². The molecule has 0 spiro atoms. The van der Waals surface area contributed by atoms with E-state index in [0.717, 1.165) is 0 Å². The number of likely N-dealkylation sites (N-methyl/N-ethyl adjacent to an activating group) is 1. The number of amides is 1. The van der Waals surface area contributed by atoms with Gasteiger partial charge < -0.3 is 36.2 Å². The summed E-state index contributed by atoms with van der Waals surface area (Å²) in [5, 5.41) is 57.2. The van der Waals surface area contributed by atoms with E-state index in [4.69, 9.17) is 5.73 Å². The van der Waals surface area contributed by atoms with E-state index in [1.807, 2.05) is 19.0 Å². The molecule has 11 nitrogen and oxygen atoms in total. The highest BCUT2D eigenvalue weighted by Gasteiger charge is 2.72. The van der Waals surface area contributed by atoms with E-state index in [-0.39, 0.29) is 35.5 Å². The minimum Gasteiger partial charge on any atom is -0.508 e. The third-order valence-electron chi connectivity index (χ3n) is 10.5. The highest BCUT2D eigenvalue weighted by Crippen LogP contribution is 2.64. The summed E-state index contributed by atoms with van der Waals surface area (Å²) in [6.45, 7) is 3.26. The lowest BCUT2D eigenvalue weighted by molar-refractivity contribution is -0.175. The fourth-order valence-electron chi connectivity index (χ4n) is 8.45. The predicted octanol–water partition coefficient (Wildman–Crippen LogP) is 3.58. The van der Waals surface area contributed by atoms with Gasteiger partial charge in [-0.25, -0.2) is 0 Å². The van der Waals surface area contributed by atoms with Gasteiger partial charge in [-0.05, 0) is 74.5 Å². The van der Waals surface area contributed by atoms with Crippen LogP contribution in [0.1, 0.15) is 42.5 Å². The molecule has 0 aromatic heterocycles. The van der Waals surface area contributed by atoms with E-state index in [0.29, 0.717) is 33.5 Å². The molecule has 0 saturated heterocycles. The monoisotopic (exact) mass is 677 g/mol. The summed E-state index contributed by atoms with van der Waals surface area (Å²) in [4.78, 5) is 44.0. The zero-order valence-electron chi connectivity index (χ0n) is 28.6. The van der Waals surface area contributed by atoms with Crippen LogP contribution in [0.25, 0.3) is 16.9 Å². The van der Waals surface area contributed by atoms with Crippen LogP contribution in [0.4, 0.5) is 5.69 Å². The van der Waals surface area contributed by atoms with E-state index in [2.05, 4.69) is 11.8 Å². The second kappa shape index (κ2) is 11.5. The second-order valence-electron chi connectivity index (χ2n) is 14.3. The molecule has 1 fully saturated rings. The molecule has 7 N–H and O–H groups in total. The van der Waals surface area contributed by atoms with E-state index in [1.54, 1.807) is 75.6 Å². The first-order chi connectivity index (χ1) is 23.4. The van der Waals surface area contributed by atoms with Gasteiger partial charge in [-0.1, -0.05) is 43.9 Å². The number of aliphatic hydroxyl groups is 3. The van der Waals surface area contributed by atoms with Gasteiger partial charge in [-0.2, -0.15) is 0 Å². The number of nitrogens with zero attached hydrogens (tertiary/aromatic N) is 2. The minimum atomic E-state index is -2.80. The van der Waals surface area contributed by atoms with Crippen molar-refractivity contribution in [1.82, 2.24) is 4.90 Å². The van der Waals surface area contributed by atoms with Crippen molar-refractivity contribution in [3.8, 4) is 34.5 Å². The highest BCUT2D eigenvalue weighted by molar-refractivity contribution is 6.25. The number of primary amides is 1. The number of carbonyl (C=O) groups is 3. The Labute approximate surface area is 289 Å². The lowest BCUT2D eigenvalue weighted by Crippen LogP contribution is -2.72. The first-order valence-corrected chi connectivity index (χ1v) is 16.0. The van der Waals surface area contributed by atoms with Gasteiger partial charge in [-0.3, -0.25) is 19.3 Å². The number of hydrogen-bond acceptors (Lipinski definition) is 10. The molecule has 3 aromatic carbocycles. The van der Waals surface area contributed by atoms with Crippen molar-refractivity contribution in [1.29, 1.82) is 0 Å². The SMILES string of the molecule is CN(C)c1cc(-c2ccc(C#Cc3cccc(O)c3)cc2)c(O)c2c1C[C@@]1(C)C[C@@]3(C)[C@H](N(C)C)C(=O)C(C(N)=O)=C(O)[C@@]3(O)C(=O)C1=C2O. The molecule has 11 heteroatoms. The molecule has 3 aliphatic rings. The summed E-state index contributed by atoms with van der Waals surface area (Å²) in [7, 11) is 6.77. The molecule has 0 radical (unpaired) electrons. The topological polar surface area (TPSA) is 185 Å². The Balaban J connectivity index is 1.53. The maximum Gasteiger partial charge on any atom is 0.255 e. The first kappa shape index (κ1) is 34.3. The molecule has 0 unspecified atom stereocenters.